The van der Waals surface area contributed by atoms with Crippen LogP contribution in [0.15, 0.2) is 0 Å². The van der Waals surface area contributed by atoms with Crippen molar-refractivity contribution in [1.29, 1.82) is 0 Å². The van der Waals surface area contributed by atoms with E-state index in [0.717, 1.165) is 26.2 Å². The Morgan fingerprint density at radius 3 is 1.80 bits per heavy atom. The molecule has 0 aromatic heterocycles. The summed E-state index contributed by atoms with van der Waals surface area (Å²) in [5.74, 6) is 0. The minimum Gasteiger partial charge on any atom is -1.00 e. The Kier molecular flexibility index (Phi) is 16.0. The molecule has 5 nitrogen and oxygen atoms in total. The van der Waals surface area contributed by atoms with Crippen LogP contribution in [0.2, 0.25) is 0 Å². The van der Waals surface area contributed by atoms with E-state index in [1.54, 1.807) is 0 Å². The Bertz CT molecular complexity index is 222. The molecule has 20 heavy (non-hydrogen) atoms. The van der Waals surface area contributed by atoms with Gasteiger partial charge in [0.05, 0.1) is 6.42 Å². The third-order valence-electron chi connectivity index (χ3n) is 2.14. The monoisotopic (exact) mass is 338 g/mol. The van der Waals surface area contributed by atoms with E-state index in [9.17, 15) is 26.7 Å². The van der Waals surface area contributed by atoms with Gasteiger partial charge in [0.2, 0.25) is 0 Å². The second-order valence-electron chi connectivity index (χ2n) is 3.51. The van der Waals surface area contributed by atoms with Crippen LogP contribution in [-0.4, -0.2) is 51.1 Å². The number of hydrogen-bond acceptors (Lipinski definition) is 5. The van der Waals surface area contributed by atoms with Crippen LogP contribution < -0.4 is 56.7 Å². The summed E-state index contributed by atoms with van der Waals surface area (Å²) < 4.78 is 66.6. The van der Waals surface area contributed by atoms with Crippen LogP contribution in [0.1, 0.15) is 7.85 Å². The van der Waals surface area contributed by atoms with Crippen LogP contribution in [-0.2, 0) is 14.6 Å². The Balaban J connectivity index is -0.000000317. The van der Waals surface area contributed by atoms with Gasteiger partial charge in [-0.25, -0.2) is 0 Å². The average Bonchev–Trinajstić information content (AvgIpc) is 2.40. The fourth-order valence-corrected chi connectivity index (χ4v) is 1.26. The van der Waals surface area contributed by atoms with Crippen molar-refractivity contribution in [3.8, 4) is 0 Å². The molecule has 0 spiro atoms. The van der Waals surface area contributed by atoms with Crippen molar-refractivity contribution in [2.75, 3.05) is 32.7 Å². The maximum atomic E-state index is 11.8. The SMILES string of the molecule is FC(F)(F)CCN1CCNCC1.FOB(OF)OF.[H-].[K+]. The molecule has 13 heteroatoms. The van der Waals surface area contributed by atoms with Crippen LogP contribution in [0, 0.1) is 0 Å². The smallest absolute Gasteiger partial charge is 1.00 e. The van der Waals surface area contributed by atoms with Crippen LogP contribution in [0.25, 0.3) is 0 Å². The molecule has 1 aliphatic heterocycles. The molecule has 0 radical (unpaired) electrons. The zero-order chi connectivity index (χ0) is 14.7. The molecule has 0 amide bonds. The molecule has 1 heterocycles. The molecule has 0 aromatic carbocycles. The summed E-state index contributed by atoms with van der Waals surface area (Å²) in [6.07, 6.45) is -4.70. The third-order valence-corrected chi connectivity index (χ3v) is 2.14. The summed E-state index contributed by atoms with van der Waals surface area (Å²) in [4.78, 5) is 8.90. The Morgan fingerprint density at radius 1 is 1.05 bits per heavy atom. The van der Waals surface area contributed by atoms with Crippen LogP contribution >= 0.6 is 0 Å². The molecular weight excluding hydrogens is 324 g/mol. The summed E-state index contributed by atoms with van der Waals surface area (Å²) in [5.41, 5.74) is 0. The number of halogens is 6. The van der Waals surface area contributed by atoms with Crippen molar-refractivity contribution in [3.05, 3.63) is 0 Å². The number of piperazine rings is 1. The number of nitrogens with zero attached hydrogens (tertiary/aromatic N) is 1. The molecule has 0 aromatic rings. The van der Waals surface area contributed by atoms with Gasteiger partial charge < -0.3 is 11.6 Å². The summed E-state index contributed by atoms with van der Waals surface area (Å²) in [6.45, 7) is 3.22. The minimum atomic E-state index is -4.01. The maximum Gasteiger partial charge on any atom is 1.00 e. The Morgan fingerprint density at radius 2 is 1.50 bits per heavy atom. The zero-order valence-corrected chi connectivity index (χ0v) is 13.9. The Hall–Kier alpha value is 1.08. The van der Waals surface area contributed by atoms with Gasteiger partial charge in [-0.2, -0.15) is 27.7 Å². The molecule has 1 fully saturated rings. The molecule has 1 saturated heterocycles. The predicted molar refractivity (Wildman–Crippen MR) is 53.4 cm³/mol. The van der Waals surface area contributed by atoms with Gasteiger partial charge in [-0.3, -0.25) is 0 Å². The summed E-state index contributed by atoms with van der Waals surface area (Å²) >= 11 is 0. The van der Waals surface area contributed by atoms with Gasteiger partial charge in [0.25, 0.3) is 0 Å². The fourth-order valence-electron chi connectivity index (χ4n) is 1.26. The summed E-state index contributed by atoms with van der Waals surface area (Å²) in [7, 11) is -2.51. The molecule has 0 bridgehead atoms. The van der Waals surface area contributed by atoms with Crippen LogP contribution in [0.4, 0.5) is 26.7 Å². The van der Waals surface area contributed by atoms with Gasteiger partial charge in [0, 0.05) is 32.7 Å². The van der Waals surface area contributed by atoms with Crippen molar-refractivity contribution in [3.63, 3.8) is 0 Å². The van der Waals surface area contributed by atoms with Gasteiger partial charge >= 0.3 is 64.9 Å². The van der Waals surface area contributed by atoms with Crippen molar-refractivity contribution >= 4 is 7.32 Å². The molecule has 0 atom stereocenters. The normalized spacial score (nSPS) is 15.9. The molecule has 116 valence electrons. The largest absolute Gasteiger partial charge is 1.00 e. The number of hydrogen-bond donors (Lipinski definition) is 1. The standard InChI is InChI=1S/C7H13F3N2.BF3O3.K.H/c8-7(9,10)1-4-12-5-2-11-3-6-12;2-5-1(6-3)7-4;;/h11H,1-6H2;;;/q;;+1;-1. The van der Waals surface area contributed by atoms with Crippen molar-refractivity contribution in [1.82, 2.24) is 10.2 Å². The van der Waals surface area contributed by atoms with E-state index < -0.39 is 19.9 Å². The van der Waals surface area contributed by atoms with E-state index in [0.29, 0.717) is 0 Å². The molecular formula is C7H14BF6KN2O3. The molecule has 1 aliphatic rings. The van der Waals surface area contributed by atoms with E-state index >= 15 is 0 Å². The third kappa shape index (κ3) is 14.0. The second kappa shape index (κ2) is 13.7. The summed E-state index contributed by atoms with van der Waals surface area (Å²) in [5, 5.41) is 3.09. The average molecular weight is 338 g/mol. The van der Waals surface area contributed by atoms with E-state index in [-0.39, 0.29) is 59.4 Å². The second-order valence-corrected chi connectivity index (χ2v) is 3.51. The number of alkyl halides is 3. The number of nitrogens with one attached hydrogen (secondary N) is 1. The van der Waals surface area contributed by atoms with Crippen molar-refractivity contribution in [2.45, 2.75) is 12.6 Å². The van der Waals surface area contributed by atoms with Crippen molar-refractivity contribution < 1.29 is 94.1 Å². The first-order valence-electron chi connectivity index (χ1n) is 5.25. The molecule has 1 N–H and O–H groups in total. The van der Waals surface area contributed by atoms with E-state index in [1.807, 2.05) is 4.90 Å². The maximum absolute atomic E-state index is 11.8. The van der Waals surface area contributed by atoms with Crippen LogP contribution in [0.3, 0.4) is 0 Å². The fraction of sp³-hybridized carbons (Fsp3) is 1.00. The predicted octanol–water partition coefficient (Wildman–Crippen LogP) is -1.36. The van der Waals surface area contributed by atoms with Gasteiger partial charge in [-0.05, 0) is 0 Å². The van der Waals surface area contributed by atoms with E-state index in [2.05, 4.69) is 19.9 Å². The number of rotatable bonds is 5. The zero-order valence-electron chi connectivity index (χ0n) is 11.8. The van der Waals surface area contributed by atoms with Gasteiger partial charge in [0.15, 0.2) is 0 Å². The van der Waals surface area contributed by atoms with E-state index in [4.69, 9.17) is 0 Å². The Labute approximate surface area is 156 Å². The van der Waals surface area contributed by atoms with E-state index in [1.165, 1.54) is 0 Å². The van der Waals surface area contributed by atoms with Gasteiger partial charge in [0.1, 0.15) is 0 Å². The molecule has 0 saturated carbocycles. The first-order valence-corrected chi connectivity index (χ1v) is 5.25. The quantitative estimate of drug-likeness (QED) is 0.495. The van der Waals surface area contributed by atoms with Gasteiger partial charge in [-0.15, -0.1) is 0 Å². The molecule has 1 rings (SSSR count). The van der Waals surface area contributed by atoms with Crippen LogP contribution in [0.5, 0.6) is 0 Å². The first-order chi connectivity index (χ1) is 8.92. The molecule has 0 aliphatic carbocycles. The minimum absolute atomic E-state index is 0. The van der Waals surface area contributed by atoms with Gasteiger partial charge in [-0.1, -0.05) is 13.6 Å². The van der Waals surface area contributed by atoms with Crippen molar-refractivity contribution in [2.24, 2.45) is 0 Å². The summed E-state index contributed by atoms with van der Waals surface area (Å²) in [6, 6.07) is 0. The first kappa shape index (κ1) is 23.3. The molecule has 0 unspecified atom stereocenters. The topological polar surface area (TPSA) is 43.0 Å².